The van der Waals surface area contributed by atoms with Crippen molar-refractivity contribution in [2.45, 2.75) is 24.7 Å². The second-order valence-corrected chi connectivity index (χ2v) is 8.97. The Kier molecular flexibility index (Phi) is 5.06. The number of rotatable bonds is 4. The van der Waals surface area contributed by atoms with Crippen molar-refractivity contribution >= 4 is 44.1 Å². The molecule has 0 spiro atoms. The Balaban J connectivity index is 1.66. The molecule has 0 amide bonds. The van der Waals surface area contributed by atoms with Crippen LogP contribution in [0.5, 0.6) is 0 Å². The first-order valence-electron chi connectivity index (χ1n) is 10.3. The van der Waals surface area contributed by atoms with Gasteiger partial charge in [0.1, 0.15) is 0 Å². The van der Waals surface area contributed by atoms with Crippen LogP contribution in [0.4, 0.5) is 43.4 Å². The topological polar surface area (TPSA) is 3.24 Å². The summed E-state index contributed by atoms with van der Waals surface area (Å²) < 4.78 is 85.9. The zero-order valence-electron chi connectivity index (χ0n) is 17.7. The van der Waals surface area contributed by atoms with Crippen LogP contribution in [0, 0.1) is 0 Å². The average Bonchev–Trinajstić information content (AvgIpc) is 3.26. The third-order valence-electron chi connectivity index (χ3n) is 6.06. The molecule has 1 aromatic heterocycles. The van der Waals surface area contributed by atoms with Crippen molar-refractivity contribution in [1.29, 1.82) is 0 Å². The van der Waals surface area contributed by atoms with Gasteiger partial charge in [-0.15, -0.1) is 11.3 Å². The van der Waals surface area contributed by atoms with Gasteiger partial charge < -0.3 is 4.90 Å². The lowest BCUT2D eigenvalue weighted by molar-refractivity contribution is -0.259. The van der Waals surface area contributed by atoms with Crippen molar-refractivity contribution in [3.63, 3.8) is 0 Å². The number of thiophene rings is 1. The van der Waals surface area contributed by atoms with Gasteiger partial charge >= 0.3 is 17.8 Å². The number of para-hydroxylation sites is 2. The van der Waals surface area contributed by atoms with E-state index < -0.39 is 28.9 Å². The van der Waals surface area contributed by atoms with E-state index in [0.29, 0.717) is 17.3 Å². The highest BCUT2D eigenvalue weighted by Gasteiger charge is 2.79. The number of allylic oxidation sites excluding steroid dienone is 2. The largest absolute Gasteiger partial charge is 0.380 e. The molecule has 34 heavy (non-hydrogen) atoms. The predicted octanol–water partition coefficient (Wildman–Crippen LogP) is 9.06. The number of benzene rings is 3. The summed E-state index contributed by atoms with van der Waals surface area (Å²) >= 11 is 1.04. The predicted molar refractivity (Wildman–Crippen MR) is 124 cm³/mol. The summed E-state index contributed by atoms with van der Waals surface area (Å²) in [6.45, 7) is 0.647. The van der Waals surface area contributed by atoms with Crippen molar-refractivity contribution in [2.75, 3.05) is 4.90 Å². The van der Waals surface area contributed by atoms with Gasteiger partial charge in [0.25, 0.3) is 0 Å². The Bertz CT molecular complexity index is 1350. The van der Waals surface area contributed by atoms with Gasteiger partial charge in [-0.25, -0.2) is 0 Å². The standard InChI is InChI=1S/C26H17F6NS/c1-16-23(25(29,30)26(31,32)24(16,27)28)21-15-34-22-14-19(12-13-20(21)22)33(17-8-4-2-5-9-17)18-10-6-3-7-11-18/h2-15H,1H3. The van der Waals surface area contributed by atoms with Gasteiger partial charge in [-0.3, -0.25) is 0 Å². The molecule has 0 bridgehead atoms. The fraction of sp³-hybridized carbons (Fsp3) is 0.154. The number of hydrogen-bond acceptors (Lipinski definition) is 2. The molecule has 1 nitrogen and oxygen atoms in total. The summed E-state index contributed by atoms with van der Waals surface area (Å²) in [6, 6.07) is 23.8. The van der Waals surface area contributed by atoms with E-state index in [4.69, 9.17) is 0 Å². The third-order valence-corrected chi connectivity index (χ3v) is 7.01. The molecule has 0 fully saturated rings. The fourth-order valence-electron chi connectivity index (χ4n) is 4.30. The molecule has 8 heteroatoms. The zero-order chi connectivity index (χ0) is 24.3. The Morgan fingerprint density at radius 2 is 1.24 bits per heavy atom. The van der Waals surface area contributed by atoms with Crippen molar-refractivity contribution in [3.8, 4) is 0 Å². The Hall–Kier alpha value is -3.26. The molecule has 0 saturated carbocycles. The number of nitrogens with zero attached hydrogens (tertiary/aromatic N) is 1. The number of alkyl halides is 6. The fourth-order valence-corrected chi connectivity index (χ4v) is 5.29. The zero-order valence-corrected chi connectivity index (χ0v) is 18.5. The highest BCUT2D eigenvalue weighted by molar-refractivity contribution is 7.17. The lowest BCUT2D eigenvalue weighted by Gasteiger charge is -2.26. The molecule has 5 rings (SSSR count). The maximum Gasteiger partial charge on any atom is 0.380 e. The summed E-state index contributed by atoms with van der Waals surface area (Å²) in [5.74, 6) is -15.4. The van der Waals surface area contributed by atoms with Crippen LogP contribution in [-0.4, -0.2) is 17.8 Å². The van der Waals surface area contributed by atoms with Crippen molar-refractivity contribution < 1.29 is 26.3 Å². The van der Waals surface area contributed by atoms with Crippen LogP contribution in [0.25, 0.3) is 15.7 Å². The van der Waals surface area contributed by atoms with E-state index in [2.05, 4.69) is 0 Å². The molecular formula is C26H17F6NS. The highest BCUT2D eigenvalue weighted by Crippen LogP contribution is 2.62. The molecule has 3 aromatic carbocycles. The Morgan fingerprint density at radius 3 is 1.74 bits per heavy atom. The highest BCUT2D eigenvalue weighted by atomic mass is 32.1. The van der Waals surface area contributed by atoms with Gasteiger partial charge in [-0.2, -0.15) is 26.3 Å². The van der Waals surface area contributed by atoms with Crippen LogP contribution in [0.1, 0.15) is 12.5 Å². The molecule has 174 valence electrons. The Labute approximate surface area is 195 Å². The second kappa shape index (κ2) is 7.63. The van der Waals surface area contributed by atoms with Crippen molar-refractivity contribution in [3.05, 3.63) is 95.4 Å². The molecule has 1 heterocycles. The van der Waals surface area contributed by atoms with E-state index in [1.54, 1.807) is 12.1 Å². The summed E-state index contributed by atoms with van der Waals surface area (Å²) in [4.78, 5) is 1.95. The maximum atomic E-state index is 14.6. The monoisotopic (exact) mass is 489 g/mol. The van der Waals surface area contributed by atoms with Crippen LogP contribution in [0.3, 0.4) is 0 Å². The molecule has 0 radical (unpaired) electrons. The van der Waals surface area contributed by atoms with E-state index in [-0.39, 0.29) is 10.9 Å². The molecule has 0 saturated heterocycles. The number of halogens is 6. The smallest absolute Gasteiger partial charge is 0.310 e. The minimum atomic E-state index is -5.50. The second-order valence-electron chi connectivity index (χ2n) is 8.06. The normalized spacial score (nSPS) is 18.4. The summed E-state index contributed by atoms with van der Waals surface area (Å²) in [7, 11) is 0. The van der Waals surface area contributed by atoms with E-state index in [1.807, 2.05) is 65.6 Å². The molecule has 0 atom stereocenters. The van der Waals surface area contributed by atoms with E-state index in [1.165, 1.54) is 11.4 Å². The quantitative estimate of drug-likeness (QED) is 0.259. The van der Waals surface area contributed by atoms with E-state index in [9.17, 15) is 26.3 Å². The Morgan fingerprint density at radius 1 is 0.676 bits per heavy atom. The van der Waals surface area contributed by atoms with Crippen LogP contribution in [0.15, 0.2) is 89.8 Å². The molecule has 0 N–H and O–H groups in total. The number of fused-ring (bicyclic) bond motifs is 1. The van der Waals surface area contributed by atoms with Gasteiger partial charge in [0.05, 0.1) is 0 Å². The first kappa shape index (κ1) is 22.5. The average molecular weight is 489 g/mol. The molecule has 1 aliphatic carbocycles. The molecule has 0 aliphatic heterocycles. The van der Waals surface area contributed by atoms with Gasteiger partial charge in [0, 0.05) is 43.9 Å². The minimum absolute atomic E-state index is 0.220. The van der Waals surface area contributed by atoms with Crippen molar-refractivity contribution in [2.24, 2.45) is 0 Å². The summed E-state index contributed by atoms with van der Waals surface area (Å²) in [5, 5.41) is 1.46. The van der Waals surface area contributed by atoms with Crippen molar-refractivity contribution in [1.82, 2.24) is 0 Å². The van der Waals surface area contributed by atoms with Crippen LogP contribution in [-0.2, 0) is 0 Å². The molecule has 1 aliphatic rings. The van der Waals surface area contributed by atoms with Gasteiger partial charge in [0.15, 0.2) is 0 Å². The van der Waals surface area contributed by atoms with Gasteiger partial charge in [0.2, 0.25) is 0 Å². The molecule has 4 aromatic rings. The third kappa shape index (κ3) is 3.08. The van der Waals surface area contributed by atoms with Crippen LogP contribution >= 0.6 is 11.3 Å². The lowest BCUT2D eigenvalue weighted by atomic mass is 9.98. The molecule has 0 unspecified atom stereocenters. The first-order chi connectivity index (χ1) is 16.1. The SMILES string of the molecule is CC1=C(c2csc3cc(N(c4ccccc4)c4ccccc4)ccc23)C(F)(F)C(F)(F)C1(F)F. The van der Waals surface area contributed by atoms with E-state index in [0.717, 1.165) is 22.7 Å². The number of anilines is 3. The maximum absolute atomic E-state index is 14.6. The first-order valence-corrected chi connectivity index (χ1v) is 11.2. The van der Waals surface area contributed by atoms with E-state index >= 15 is 0 Å². The lowest BCUT2D eigenvalue weighted by Crippen LogP contribution is -2.48. The van der Waals surface area contributed by atoms with Crippen LogP contribution in [0.2, 0.25) is 0 Å². The van der Waals surface area contributed by atoms with Gasteiger partial charge in [-0.1, -0.05) is 42.5 Å². The molecular weight excluding hydrogens is 472 g/mol. The number of hydrogen-bond donors (Lipinski definition) is 0. The van der Waals surface area contributed by atoms with Crippen LogP contribution < -0.4 is 4.90 Å². The minimum Gasteiger partial charge on any atom is -0.310 e. The summed E-state index contributed by atoms with van der Waals surface area (Å²) in [5.41, 5.74) is -0.490. The summed E-state index contributed by atoms with van der Waals surface area (Å²) in [6.07, 6.45) is 0. The van der Waals surface area contributed by atoms with Gasteiger partial charge in [-0.05, 0) is 48.7 Å².